The van der Waals surface area contributed by atoms with Crippen LogP contribution in [-0.4, -0.2) is 6.73 Å². The Kier molecular flexibility index (Phi) is 4.13. The van der Waals surface area contributed by atoms with Crippen LogP contribution in [0.3, 0.4) is 0 Å². The first-order valence-electron chi connectivity index (χ1n) is 9.78. The first kappa shape index (κ1) is 17.6. The summed E-state index contributed by atoms with van der Waals surface area (Å²) >= 11 is 6.32. The maximum Gasteiger partial charge on any atom is 0.339 e. The lowest BCUT2D eigenvalue weighted by atomic mass is 9.89. The topological polar surface area (TPSA) is 42.7 Å². The van der Waals surface area contributed by atoms with Crippen LogP contribution in [-0.2, 0) is 19.4 Å². The van der Waals surface area contributed by atoms with E-state index in [-0.39, 0.29) is 5.63 Å². The van der Waals surface area contributed by atoms with Gasteiger partial charge in [-0.1, -0.05) is 17.7 Å². The first-order chi connectivity index (χ1) is 13.5. The molecule has 2 aromatic carbocycles. The quantitative estimate of drug-likeness (QED) is 0.524. The van der Waals surface area contributed by atoms with Crippen molar-refractivity contribution in [1.82, 2.24) is 0 Å². The molecule has 144 valence electrons. The maximum atomic E-state index is 12.5. The summed E-state index contributed by atoms with van der Waals surface area (Å²) in [4.78, 5) is 14.6. The number of halogens is 1. The van der Waals surface area contributed by atoms with Crippen molar-refractivity contribution in [3.63, 3.8) is 0 Å². The molecule has 1 aliphatic heterocycles. The third-order valence-electron chi connectivity index (χ3n) is 6.02. The summed E-state index contributed by atoms with van der Waals surface area (Å²) < 4.78 is 11.8. The Bertz CT molecular complexity index is 1160. The molecule has 3 aromatic rings. The Labute approximate surface area is 168 Å². The van der Waals surface area contributed by atoms with Crippen LogP contribution < -0.4 is 15.3 Å². The van der Waals surface area contributed by atoms with E-state index in [0.29, 0.717) is 12.3 Å². The van der Waals surface area contributed by atoms with Gasteiger partial charge in [-0.15, -0.1) is 0 Å². The van der Waals surface area contributed by atoms with E-state index in [9.17, 15) is 4.79 Å². The number of rotatable bonds is 1. The van der Waals surface area contributed by atoms with Crippen molar-refractivity contribution in [2.45, 2.75) is 46.1 Å². The fourth-order valence-electron chi connectivity index (χ4n) is 4.45. The van der Waals surface area contributed by atoms with Gasteiger partial charge in [0.05, 0.1) is 0 Å². The second-order valence-corrected chi connectivity index (χ2v) is 8.23. The van der Waals surface area contributed by atoms with Crippen LogP contribution in [0.15, 0.2) is 33.5 Å². The molecule has 0 radical (unpaired) electrons. The fraction of sp³-hybridized carbons (Fsp3) is 0.348. The van der Waals surface area contributed by atoms with Gasteiger partial charge < -0.3 is 14.1 Å². The third-order valence-corrected chi connectivity index (χ3v) is 6.42. The van der Waals surface area contributed by atoms with E-state index in [0.717, 1.165) is 76.3 Å². The molecule has 0 saturated heterocycles. The zero-order valence-electron chi connectivity index (χ0n) is 16.1. The molecule has 0 atom stereocenters. The molecule has 0 fully saturated rings. The Morgan fingerprint density at radius 1 is 1.07 bits per heavy atom. The lowest BCUT2D eigenvalue weighted by Crippen LogP contribution is -2.32. The van der Waals surface area contributed by atoms with Gasteiger partial charge >= 0.3 is 5.63 Å². The average Bonchev–Trinajstić information content (AvgIpc) is 2.71. The number of nitrogens with zero attached hydrogens (tertiary/aromatic N) is 1. The summed E-state index contributed by atoms with van der Waals surface area (Å²) in [6.45, 7) is 5.16. The van der Waals surface area contributed by atoms with Crippen LogP contribution >= 0.6 is 11.6 Å². The van der Waals surface area contributed by atoms with E-state index in [1.165, 1.54) is 5.56 Å². The van der Waals surface area contributed by atoms with E-state index >= 15 is 0 Å². The molecule has 0 spiro atoms. The van der Waals surface area contributed by atoms with Gasteiger partial charge in [-0.25, -0.2) is 4.79 Å². The molecule has 2 heterocycles. The number of benzene rings is 2. The van der Waals surface area contributed by atoms with Crippen LogP contribution in [0.25, 0.3) is 11.0 Å². The molecule has 4 nitrogen and oxygen atoms in total. The predicted octanol–water partition coefficient (Wildman–Crippen LogP) is 5.30. The largest absolute Gasteiger partial charge is 0.472 e. The minimum Gasteiger partial charge on any atom is -0.472 e. The number of hydrogen-bond acceptors (Lipinski definition) is 4. The van der Waals surface area contributed by atoms with Gasteiger partial charge in [-0.05, 0) is 68.9 Å². The lowest BCUT2D eigenvalue weighted by molar-refractivity contribution is 0.287. The molecule has 28 heavy (non-hydrogen) atoms. The molecule has 1 aromatic heterocycles. The number of anilines is 1. The highest BCUT2D eigenvalue weighted by atomic mass is 35.5. The summed E-state index contributed by atoms with van der Waals surface area (Å²) in [5.74, 6) is 0.834. The Morgan fingerprint density at radius 3 is 2.64 bits per heavy atom. The summed E-state index contributed by atoms with van der Waals surface area (Å²) in [5, 5.41) is 1.83. The molecule has 2 aliphatic rings. The van der Waals surface area contributed by atoms with Crippen molar-refractivity contribution in [2.75, 3.05) is 11.6 Å². The highest BCUT2D eigenvalue weighted by molar-refractivity contribution is 6.31. The highest BCUT2D eigenvalue weighted by Crippen LogP contribution is 2.39. The van der Waals surface area contributed by atoms with Gasteiger partial charge in [0, 0.05) is 39.3 Å². The van der Waals surface area contributed by atoms with Crippen LogP contribution in [0.1, 0.15) is 40.7 Å². The zero-order valence-corrected chi connectivity index (χ0v) is 16.9. The second kappa shape index (κ2) is 6.56. The van der Waals surface area contributed by atoms with Crippen molar-refractivity contribution in [3.8, 4) is 5.75 Å². The molecule has 0 bridgehead atoms. The second-order valence-electron chi connectivity index (χ2n) is 7.83. The summed E-state index contributed by atoms with van der Waals surface area (Å²) in [5.41, 5.74) is 6.66. The van der Waals surface area contributed by atoms with Crippen LogP contribution in [0, 0.1) is 13.8 Å². The summed E-state index contributed by atoms with van der Waals surface area (Å²) in [6.07, 6.45) is 3.92. The maximum absolute atomic E-state index is 12.5. The summed E-state index contributed by atoms with van der Waals surface area (Å²) in [6, 6.07) is 8.25. The number of fused-ring (bicyclic) bond motifs is 4. The monoisotopic (exact) mass is 395 g/mol. The van der Waals surface area contributed by atoms with Crippen molar-refractivity contribution in [3.05, 3.63) is 67.5 Å². The minimum absolute atomic E-state index is 0.183. The van der Waals surface area contributed by atoms with Gasteiger partial charge in [0.15, 0.2) is 6.73 Å². The van der Waals surface area contributed by atoms with Crippen LogP contribution in [0.4, 0.5) is 5.69 Å². The van der Waals surface area contributed by atoms with Crippen molar-refractivity contribution >= 4 is 28.3 Å². The molecule has 0 amide bonds. The van der Waals surface area contributed by atoms with Crippen LogP contribution in [0.2, 0.25) is 5.02 Å². The fourth-order valence-corrected chi connectivity index (χ4v) is 4.62. The van der Waals surface area contributed by atoms with E-state index in [1.807, 2.05) is 26.0 Å². The van der Waals surface area contributed by atoms with E-state index < -0.39 is 0 Å². The van der Waals surface area contributed by atoms with Gasteiger partial charge in [-0.3, -0.25) is 0 Å². The average molecular weight is 396 g/mol. The van der Waals surface area contributed by atoms with Crippen molar-refractivity contribution in [1.29, 1.82) is 0 Å². The Hall–Kier alpha value is -2.46. The molecule has 0 N–H and O–H groups in total. The Balaban J connectivity index is 1.63. The van der Waals surface area contributed by atoms with E-state index in [4.69, 9.17) is 20.8 Å². The third kappa shape index (κ3) is 2.70. The molecular weight excluding hydrogens is 374 g/mol. The number of ether oxygens (including phenoxy) is 1. The zero-order chi connectivity index (χ0) is 19.4. The van der Waals surface area contributed by atoms with Gasteiger partial charge in [-0.2, -0.15) is 0 Å². The standard InChI is InChI=1S/C23H22ClNO3/c1-13-7-8-16(10-20(13)24)25-11-15-9-19-17-5-3-4-6-18(17)23(26)28-22(19)14(2)21(15)27-12-25/h7-10H,3-6,11-12H2,1-2H3. The molecular formula is C23H22ClNO3. The minimum atomic E-state index is -0.183. The van der Waals surface area contributed by atoms with Gasteiger partial charge in [0.25, 0.3) is 0 Å². The SMILES string of the molecule is Cc1ccc(N2COc3c(cc4c5c(c(=O)oc4c3C)CCCC5)C2)cc1Cl. The van der Waals surface area contributed by atoms with E-state index in [2.05, 4.69) is 17.0 Å². The Morgan fingerprint density at radius 2 is 1.86 bits per heavy atom. The molecule has 0 unspecified atom stereocenters. The molecule has 1 aliphatic carbocycles. The predicted molar refractivity (Wildman–Crippen MR) is 112 cm³/mol. The summed E-state index contributed by atoms with van der Waals surface area (Å²) in [7, 11) is 0. The molecule has 5 heteroatoms. The number of hydrogen-bond donors (Lipinski definition) is 0. The smallest absolute Gasteiger partial charge is 0.339 e. The number of aryl methyl sites for hydroxylation is 3. The molecule has 0 saturated carbocycles. The van der Waals surface area contributed by atoms with Gasteiger partial charge in [0.1, 0.15) is 11.3 Å². The van der Waals surface area contributed by atoms with Crippen LogP contribution in [0.5, 0.6) is 5.75 Å². The van der Waals surface area contributed by atoms with Gasteiger partial charge in [0.2, 0.25) is 0 Å². The first-order valence-corrected chi connectivity index (χ1v) is 10.2. The van der Waals surface area contributed by atoms with Crippen molar-refractivity contribution in [2.24, 2.45) is 0 Å². The van der Waals surface area contributed by atoms with E-state index in [1.54, 1.807) is 0 Å². The highest BCUT2D eigenvalue weighted by Gasteiger charge is 2.26. The molecule has 5 rings (SSSR count). The normalized spacial score (nSPS) is 15.9. The lowest BCUT2D eigenvalue weighted by Gasteiger charge is -2.32. The van der Waals surface area contributed by atoms with Crippen molar-refractivity contribution < 1.29 is 9.15 Å².